The Bertz CT molecular complexity index is 1330. The van der Waals surface area contributed by atoms with Gasteiger partial charge in [-0.15, -0.1) is 0 Å². The van der Waals surface area contributed by atoms with E-state index < -0.39 is 0 Å². The minimum Gasteiger partial charge on any atom is -0.467 e. The first kappa shape index (κ1) is 18.6. The van der Waals surface area contributed by atoms with Gasteiger partial charge in [0.15, 0.2) is 5.13 Å². The van der Waals surface area contributed by atoms with Crippen LogP contribution in [-0.2, 0) is 13.0 Å². The van der Waals surface area contributed by atoms with Crippen molar-refractivity contribution in [1.82, 2.24) is 4.98 Å². The van der Waals surface area contributed by atoms with E-state index in [0.717, 1.165) is 33.2 Å². The first-order valence-corrected chi connectivity index (χ1v) is 10.8. The topological polar surface area (TPSA) is 46.3 Å². The predicted molar refractivity (Wildman–Crippen MR) is 122 cm³/mol. The maximum absolute atomic E-state index is 13.7. The van der Waals surface area contributed by atoms with Gasteiger partial charge in [0.25, 0.3) is 5.91 Å². The summed E-state index contributed by atoms with van der Waals surface area (Å²) in [4.78, 5) is 20.2. The van der Waals surface area contributed by atoms with Crippen molar-refractivity contribution in [2.75, 3.05) is 4.90 Å². The lowest BCUT2D eigenvalue weighted by Gasteiger charge is -2.19. The van der Waals surface area contributed by atoms with Crippen LogP contribution in [0.15, 0.2) is 83.5 Å². The molecule has 148 valence electrons. The summed E-state index contributed by atoms with van der Waals surface area (Å²) in [5, 5.41) is 2.65. The molecular weight excluding hydrogens is 392 g/mol. The van der Waals surface area contributed by atoms with Crippen molar-refractivity contribution in [3.8, 4) is 0 Å². The Kier molecular flexibility index (Phi) is 4.81. The highest BCUT2D eigenvalue weighted by Gasteiger charge is 2.24. The van der Waals surface area contributed by atoms with Gasteiger partial charge in [-0.25, -0.2) is 4.98 Å². The number of carbonyl (C=O) groups is 1. The molecule has 0 saturated heterocycles. The second-order valence-corrected chi connectivity index (χ2v) is 8.16. The monoisotopic (exact) mass is 412 g/mol. The summed E-state index contributed by atoms with van der Waals surface area (Å²) in [6.45, 7) is 2.46. The quantitative estimate of drug-likeness (QED) is 0.333. The standard InChI is InChI=1S/C25H20N2O2S/c1-2-17-12-13-22-23(15-17)30-25(26-22)27(16-19-9-6-14-29-19)24(28)21-11-5-8-18-7-3-4-10-20(18)21/h3-15H,2,16H2,1H3. The van der Waals surface area contributed by atoms with Gasteiger partial charge in [0.2, 0.25) is 0 Å². The van der Waals surface area contributed by atoms with Crippen LogP contribution in [0, 0.1) is 0 Å². The summed E-state index contributed by atoms with van der Waals surface area (Å²) >= 11 is 1.54. The lowest BCUT2D eigenvalue weighted by Crippen LogP contribution is -2.30. The Hall–Kier alpha value is -3.44. The number of furan rings is 1. The zero-order chi connectivity index (χ0) is 20.5. The van der Waals surface area contributed by atoms with Crippen LogP contribution in [0.25, 0.3) is 21.0 Å². The normalized spacial score (nSPS) is 11.2. The maximum atomic E-state index is 13.7. The molecule has 0 bridgehead atoms. The Labute approximate surface area is 178 Å². The second kappa shape index (κ2) is 7.76. The average Bonchev–Trinajstić information content (AvgIpc) is 3.45. The van der Waals surface area contributed by atoms with Gasteiger partial charge in [0.1, 0.15) is 5.76 Å². The number of rotatable bonds is 5. The molecule has 2 aromatic heterocycles. The Morgan fingerprint density at radius 2 is 1.90 bits per heavy atom. The van der Waals surface area contributed by atoms with Crippen molar-refractivity contribution in [3.63, 3.8) is 0 Å². The van der Waals surface area contributed by atoms with Gasteiger partial charge in [-0.2, -0.15) is 0 Å². The fourth-order valence-electron chi connectivity index (χ4n) is 3.63. The van der Waals surface area contributed by atoms with E-state index in [1.165, 1.54) is 16.9 Å². The number of aryl methyl sites for hydroxylation is 1. The zero-order valence-electron chi connectivity index (χ0n) is 16.5. The average molecular weight is 413 g/mol. The van der Waals surface area contributed by atoms with E-state index in [1.807, 2.05) is 60.7 Å². The molecule has 0 saturated carbocycles. The van der Waals surface area contributed by atoms with Gasteiger partial charge in [0, 0.05) is 5.56 Å². The number of anilines is 1. The molecule has 0 fully saturated rings. The summed E-state index contributed by atoms with van der Waals surface area (Å²) in [5.74, 6) is 0.634. The highest BCUT2D eigenvalue weighted by atomic mass is 32.1. The molecule has 0 N–H and O–H groups in total. The molecule has 5 rings (SSSR count). The van der Waals surface area contributed by atoms with Crippen LogP contribution in [-0.4, -0.2) is 10.9 Å². The Balaban J connectivity index is 1.62. The summed E-state index contributed by atoms with van der Waals surface area (Å²) in [7, 11) is 0. The third kappa shape index (κ3) is 3.37. The van der Waals surface area contributed by atoms with Gasteiger partial charge >= 0.3 is 0 Å². The van der Waals surface area contributed by atoms with Crippen molar-refractivity contribution in [2.45, 2.75) is 19.9 Å². The molecule has 2 heterocycles. The molecule has 30 heavy (non-hydrogen) atoms. The molecule has 0 unspecified atom stereocenters. The minimum absolute atomic E-state index is 0.0852. The third-order valence-corrected chi connectivity index (χ3v) is 6.28. The first-order chi connectivity index (χ1) is 14.7. The zero-order valence-corrected chi connectivity index (χ0v) is 17.4. The molecule has 0 aliphatic carbocycles. The van der Waals surface area contributed by atoms with Crippen LogP contribution in [0.5, 0.6) is 0 Å². The summed E-state index contributed by atoms with van der Waals surface area (Å²) in [5.41, 5.74) is 2.83. The van der Waals surface area contributed by atoms with Crippen LogP contribution in [0.4, 0.5) is 5.13 Å². The van der Waals surface area contributed by atoms with Gasteiger partial charge in [0.05, 0.1) is 23.0 Å². The smallest absolute Gasteiger partial charge is 0.261 e. The second-order valence-electron chi connectivity index (χ2n) is 7.15. The van der Waals surface area contributed by atoms with Crippen LogP contribution in [0.1, 0.15) is 28.6 Å². The van der Waals surface area contributed by atoms with Crippen molar-refractivity contribution in [1.29, 1.82) is 0 Å². The number of aromatic nitrogens is 1. The number of benzene rings is 3. The number of hydrogen-bond acceptors (Lipinski definition) is 4. The number of fused-ring (bicyclic) bond motifs is 2. The van der Waals surface area contributed by atoms with Crippen LogP contribution in [0.2, 0.25) is 0 Å². The largest absolute Gasteiger partial charge is 0.467 e. The fourth-order valence-corrected chi connectivity index (χ4v) is 4.66. The number of hydrogen-bond donors (Lipinski definition) is 0. The highest BCUT2D eigenvalue weighted by Crippen LogP contribution is 2.32. The van der Waals surface area contributed by atoms with Gasteiger partial charge < -0.3 is 4.42 Å². The van der Waals surface area contributed by atoms with Crippen molar-refractivity contribution in [2.24, 2.45) is 0 Å². The van der Waals surface area contributed by atoms with Crippen LogP contribution >= 0.6 is 11.3 Å². The van der Waals surface area contributed by atoms with Gasteiger partial charge in [-0.1, -0.05) is 60.7 Å². The Morgan fingerprint density at radius 1 is 1.03 bits per heavy atom. The van der Waals surface area contributed by atoms with E-state index in [9.17, 15) is 4.79 Å². The predicted octanol–water partition coefficient (Wildman–Crippen LogP) is 6.45. The van der Waals surface area contributed by atoms with E-state index >= 15 is 0 Å². The maximum Gasteiger partial charge on any atom is 0.261 e. The molecular formula is C25H20N2O2S. The highest BCUT2D eigenvalue weighted by molar-refractivity contribution is 7.22. The van der Waals surface area contributed by atoms with E-state index in [2.05, 4.69) is 19.1 Å². The molecule has 1 amide bonds. The molecule has 0 radical (unpaired) electrons. The molecule has 4 nitrogen and oxygen atoms in total. The van der Waals surface area contributed by atoms with Gasteiger partial charge in [-0.05, 0) is 53.1 Å². The van der Waals surface area contributed by atoms with Crippen molar-refractivity contribution in [3.05, 3.63) is 95.9 Å². The van der Waals surface area contributed by atoms with Crippen LogP contribution < -0.4 is 4.90 Å². The number of carbonyl (C=O) groups excluding carboxylic acids is 1. The Morgan fingerprint density at radius 3 is 2.73 bits per heavy atom. The minimum atomic E-state index is -0.0852. The molecule has 0 atom stereocenters. The van der Waals surface area contributed by atoms with E-state index in [0.29, 0.717) is 17.2 Å². The molecule has 5 heteroatoms. The van der Waals surface area contributed by atoms with E-state index in [4.69, 9.17) is 9.40 Å². The van der Waals surface area contributed by atoms with Crippen molar-refractivity contribution < 1.29 is 9.21 Å². The third-order valence-electron chi connectivity index (χ3n) is 5.24. The van der Waals surface area contributed by atoms with Gasteiger partial charge in [-0.3, -0.25) is 9.69 Å². The number of nitrogens with zero attached hydrogens (tertiary/aromatic N) is 2. The first-order valence-electron chi connectivity index (χ1n) is 9.94. The fraction of sp³-hybridized carbons (Fsp3) is 0.120. The SMILES string of the molecule is CCc1ccc2nc(N(Cc3ccco3)C(=O)c3cccc4ccccc34)sc2c1. The molecule has 5 aromatic rings. The lowest BCUT2D eigenvalue weighted by molar-refractivity contribution is 0.0985. The summed E-state index contributed by atoms with van der Waals surface area (Å²) < 4.78 is 6.64. The summed E-state index contributed by atoms with van der Waals surface area (Å²) in [6.07, 6.45) is 2.59. The van der Waals surface area contributed by atoms with Crippen molar-refractivity contribution >= 4 is 43.4 Å². The van der Waals surface area contributed by atoms with E-state index in [-0.39, 0.29) is 5.91 Å². The number of amides is 1. The summed E-state index contributed by atoms with van der Waals surface area (Å²) in [6, 6.07) is 23.8. The van der Waals surface area contributed by atoms with Crippen LogP contribution in [0.3, 0.4) is 0 Å². The molecule has 0 aliphatic heterocycles. The molecule has 3 aromatic carbocycles. The van der Waals surface area contributed by atoms with E-state index in [1.54, 1.807) is 11.2 Å². The lowest BCUT2D eigenvalue weighted by atomic mass is 10.0. The molecule has 0 aliphatic rings. The number of thiazole rings is 1. The molecule has 0 spiro atoms.